The zero-order chi connectivity index (χ0) is 11.7. The summed E-state index contributed by atoms with van der Waals surface area (Å²) < 4.78 is 0.816. The average molecular weight is 320 g/mol. The van der Waals surface area contributed by atoms with Crippen molar-refractivity contribution in [3.05, 3.63) is 32.8 Å². The molecule has 2 heterocycles. The van der Waals surface area contributed by atoms with E-state index in [2.05, 4.69) is 25.9 Å². The van der Waals surface area contributed by atoms with Gasteiger partial charge in [-0.25, -0.2) is 14.8 Å². The number of hydrogen-bond donors (Lipinski definition) is 1. The Bertz CT molecular complexity index is 558. The Balaban J connectivity index is 2.58. The van der Waals surface area contributed by atoms with Crippen molar-refractivity contribution >= 4 is 44.8 Å². The van der Waals surface area contributed by atoms with E-state index in [0.29, 0.717) is 5.82 Å². The van der Waals surface area contributed by atoms with Crippen LogP contribution in [-0.2, 0) is 0 Å². The quantitative estimate of drug-likeness (QED) is 0.863. The number of carbonyl (C=O) groups is 1. The first-order valence-electron chi connectivity index (χ1n) is 4.09. The predicted octanol–water partition coefficient (Wildman–Crippen LogP) is 3.32. The Morgan fingerprint density at radius 1 is 1.50 bits per heavy atom. The molecule has 4 nitrogen and oxygen atoms in total. The lowest BCUT2D eigenvalue weighted by Crippen LogP contribution is -2.02. The van der Waals surface area contributed by atoms with Crippen LogP contribution in [0.2, 0.25) is 5.15 Å². The third-order valence-corrected chi connectivity index (χ3v) is 3.76. The van der Waals surface area contributed by atoms with Gasteiger partial charge in [0.1, 0.15) is 5.15 Å². The normalized spacial score (nSPS) is 10.4. The van der Waals surface area contributed by atoms with Crippen molar-refractivity contribution in [3.63, 3.8) is 0 Å². The Hall–Kier alpha value is -0.980. The Morgan fingerprint density at radius 3 is 2.81 bits per heavy atom. The molecule has 0 spiro atoms. The fraction of sp³-hybridized carbons (Fsp3) is 0. The molecule has 1 N–H and O–H groups in total. The van der Waals surface area contributed by atoms with Crippen LogP contribution < -0.4 is 0 Å². The van der Waals surface area contributed by atoms with E-state index in [1.165, 1.54) is 17.4 Å². The first-order chi connectivity index (χ1) is 7.58. The SMILES string of the molecule is O=C(O)c1cc(Cl)nc(-c2sccc2Br)n1. The van der Waals surface area contributed by atoms with Gasteiger partial charge in [0.2, 0.25) is 0 Å². The molecular formula is C9H4BrClN2O2S. The van der Waals surface area contributed by atoms with Crippen LogP contribution in [0.15, 0.2) is 22.0 Å². The summed E-state index contributed by atoms with van der Waals surface area (Å²) in [5.41, 5.74) is -0.115. The summed E-state index contributed by atoms with van der Waals surface area (Å²) in [6.45, 7) is 0. The van der Waals surface area contributed by atoms with E-state index >= 15 is 0 Å². The number of aromatic carboxylic acids is 1. The second-order valence-corrected chi connectivity index (χ2v) is 4.96. The first kappa shape index (κ1) is 11.5. The highest BCUT2D eigenvalue weighted by molar-refractivity contribution is 9.10. The number of thiophene rings is 1. The minimum absolute atomic E-state index is 0.114. The molecule has 0 aliphatic rings. The van der Waals surface area contributed by atoms with E-state index in [-0.39, 0.29) is 10.8 Å². The van der Waals surface area contributed by atoms with Crippen LogP contribution in [0.25, 0.3) is 10.7 Å². The van der Waals surface area contributed by atoms with Crippen molar-refractivity contribution in [2.75, 3.05) is 0 Å². The molecule has 0 aromatic carbocycles. The van der Waals surface area contributed by atoms with Gasteiger partial charge in [-0.05, 0) is 27.4 Å². The van der Waals surface area contributed by atoms with Crippen LogP contribution in [0.5, 0.6) is 0 Å². The number of carboxylic acids is 1. The van der Waals surface area contributed by atoms with Crippen molar-refractivity contribution in [3.8, 4) is 10.7 Å². The lowest BCUT2D eigenvalue weighted by atomic mass is 10.4. The van der Waals surface area contributed by atoms with E-state index in [4.69, 9.17) is 16.7 Å². The van der Waals surface area contributed by atoms with E-state index < -0.39 is 5.97 Å². The second kappa shape index (κ2) is 4.48. The van der Waals surface area contributed by atoms with E-state index in [1.54, 1.807) is 0 Å². The summed E-state index contributed by atoms with van der Waals surface area (Å²) in [7, 11) is 0. The highest BCUT2D eigenvalue weighted by Gasteiger charge is 2.13. The second-order valence-electron chi connectivity index (χ2n) is 2.80. The molecule has 0 fully saturated rings. The lowest BCUT2D eigenvalue weighted by Gasteiger charge is -2.00. The Labute approximate surface area is 108 Å². The summed E-state index contributed by atoms with van der Waals surface area (Å²) in [4.78, 5) is 19.5. The van der Waals surface area contributed by atoms with Gasteiger partial charge in [0.15, 0.2) is 11.5 Å². The van der Waals surface area contributed by atoms with Crippen molar-refractivity contribution < 1.29 is 9.90 Å². The van der Waals surface area contributed by atoms with Crippen LogP contribution in [-0.4, -0.2) is 21.0 Å². The standard InChI is InChI=1S/C9H4BrClN2O2S/c10-4-1-2-16-7(4)8-12-5(9(14)15)3-6(11)13-8/h1-3H,(H,14,15). The monoisotopic (exact) mass is 318 g/mol. The van der Waals surface area contributed by atoms with E-state index in [1.807, 2.05) is 11.4 Å². The molecule has 0 saturated carbocycles. The molecule has 0 amide bonds. The summed E-state index contributed by atoms with van der Waals surface area (Å²) in [5, 5.41) is 10.8. The summed E-state index contributed by atoms with van der Waals surface area (Å²) in [6, 6.07) is 3.06. The smallest absolute Gasteiger partial charge is 0.354 e. The Kier molecular flexibility index (Phi) is 3.22. The van der Waals surface area contributed by atoms with Crippen molar-refractivity contribution in [2.24, 2.45) is 0 Å². The van der Waals surface area contributed by atoms with Gasteiger partial charge >= 0.3 is 5.97 Å². The number of nitrogens with zero attached hydrogens (tertiary/aromatic N) is 2. The highest BCUT2D eigenvalue weighted by Crippen LogP contribution is 2.31. The molecule has 0 radical (unpaired) electrons. The van der Waals surface area contributed by atoms with Crippen molar-refractivity contribution in [1.29, 1.82) is 0 Å². The van der Waals surface area contributed by atoms with Gasteiger partial charge in [0.05, 0.1) is 4.88 Å². The van der Waals surface area contributed by atoms with Crippen LogP contribution in [0.1, 0.15) is 10.5 Å². The molecule has 16 heavy (non-hydrogen) atoms. The fourth-order valence-electron chi connectivity index (χ4n) is 1.08. The van der Waals surface area contributed by atoms with Crippen LogP contribution >= 0.6 is 38.9 Å². The third-order valence-electron chi connectivity index (χ3n) is 1.73. The lowest BCUT2D eigenvalue weighted by molar-refractivity contribution is 0.0690. The van der Waals surface area contributed by atoms with Crippen LogP contribution in [0.3, 0.4) is 0 Å². The Morgan fingerprint density at radius 2 is 2.25 bits per heavy atom. The number of rotatable bonds is 2. The summed E-state index contributed by atoms with van der Waals surface area (Å²) in [5.74, 6) is -0.815. The summed E-state index contributed by atoms with van der Waals surface area (Å²) >= 11 is 10.5. The number of carboxylic acid groups (broad SMARTS) is 1. The van der Waals surface area contributed by atoms with Crippen LogP contribution in [0, 0.1) is 0 Å². The van der Waals surface area contributed by atoms with Gasteiger partial charge in [-0.15, -0.1) is 11.3 Å². The van der Waals surface area contributed by atoms with Gasteiger partial charge in [-0.2, -0.15) is 0 Å². The molecule has 2 aromatic heterocycles. The molecule has 2 rings (SSSR count). The molecule has 0 atom stereocenters. The molecule has 7 heteroatoms. The molecule has 0 aliphatic carbocycles. The third kappa shape index (κ3) is 2.23. The number of halogens is 2. The van der Waals surface area contributed by atoms with Gasteiger partial charge in [-0.3, -0.25) is 0 Å². The maximum atomic E-state index is 10.8. The molecular weight excluding hydrogens is 316 g/mol. The largest absolute Gasteiger partial charge is 0.477 e. The van der Waals surface area contributed by atoms with E-state index in [0.717, 1.165) is 9.35 Å². The minimum atomic E-state index is -1.13. The molecule has 2 aromatic rings. The molecule has 82 valence electrons. The van der Waals surface area contributed by atoms with Crippen molar-refractivity contribution in [2.45, 2.75) is 0 Å². The maximum absolute atomic E-state index is 10.8. The van der Waals surface area contributed by atoms with E-state index in [9.17, 15) is 4.79 Å². The topological polar surface area (TPSA) is 63.1 Å². The van der Waals surface area contributed by atoms with Gasteiger partial charge < -0.3 is 5.11 Å². The highest BCUT2D eigenvalue weighted by atomic mass is 79.9. The number of hydrogen-bond acceptors (Lipinski definition) is 4. The fourth-order valence-corrected chi connectivity index (χ4v) is 2.75. The summed E-state index contributed by atoms with van der Waals surface area (Å²) in [6.07, 6.45) is 0. The molecule has 0 bridgehead atoms. The van der Waals surface area contributed by atoms with Gasteiger partial charge in [0, 0.05) is 10.5 Å². The molecule has 0 unspecified atom stereocenters. The zero-order valence-electron chi connectivity index (χ0n) is 7.65. The maximum Gasteiger partial charge on any atom is 0.354 e. The van der Waals surface area contributed by atoms with Gasteiger partial charge in [0.25, 0.3) is 0 Å². The molecule has 0 saturated heterocycles. The predicted molar refractivity (Wildman–Crippen MR) is 65.0 cm³/mol. The van der Waals surface area contributed by atoms with Crippen molar-refractivity contribution in [1.82, 2.24) is 9.97 Å². The van der Waals surface area contributed by atoms with Crippen LogP contribution in [0.4, 0.5) is 0 Å². The number of aromatic nitrogens is 2. The van der Waals surface area contributed by atoms with Gasteiger partial charge in [-0.1, -0.05) is 11.6 Å². The molecule has 0 aliphatic heterocycles. The minimum Gasteiger partial charge on any atom is -0.477 e. The zero-order valence-corrected chi connectivity index (χ0v) is 10.8. The first-order valence-corrected chi connectivity index (χ1v) is 6.14. The average Bonchev–Trinajstić information content (AvgIpc) is 2.63.